The van der Waals surface area contributed by atoms with Gasteiger partial charge >= 0.3 is 0 Å². The van der Waals surface area contributed by atoms with E-state index in [1.807, 2.05) is 31.2 Å². The van der Waals surface area contributed by atoms with E-state index in [1.54, 1.807) is 18.2 Å². The number of para-hydroxylation sites is 1. The maximum Gasteiger partial charge on any atom is 0.253 e. The zero-order valence-corrected chi connectivity index (χ0v) is 14.9. The van der Waals surface area contributed by atoms with Gasteiger partial charge in [0.1, 0.15) is 12.4 Å². The van der Waals surface area contributed by atoms with Crippen LogP contribution in [0.25, 0.3) is 0 Å². The Morgan fingerprint density at radius 3 is 2.83 bits per heavy atom. The van der Waals surface area contributed by atoms with E-state index >= 15 is 0 Å². The number of hydrogen-bond acceptors (Lipinski definition) is 2. The molecule has 0 radical (unpaired) electrons. The quantitative estimate of drug-likeness (QED) is 0.791. The number of nitrogens with one attached hydrogen (secondary N) is 1. The second kappa shape index (κ2) is 8.61. The predicted octanol–water partition coefficient (Wildman–Crippen LogP) is 4.22. The summed E-state index contributed by atoms with van der Waals surface area (Å²) < 4.78 is 6.35. The maximum atomic E-state index is 12.0. The van der Waals surface area contributed by atoms with E-state index in [0.29, 0.717) is 10.6 Å². The first-order valence-electron chi connectivity index (χ1n) is 6.95. The van der Waals surface area contributed by atoms with E-state index in [2.05, 4.69) is 33.1 Å². The molecular formula is C18H15BrClNO2. The minimum absolute atomic E-state index is 0.235. The third-order valence-corrected chi connectivity index (χ3v) is 3.85. The van der Waals surface area contributed by atoms with Crippen LogP contribution in [0.5, 0.6) is 5.75 Å². The number of hydrogen-bond donors (Lipinski definition) is 1. The monoisotopic (exact) mass is 391 g/mol. The molecule has 0 spiro atoms. The molecule has 118 valence electrons. The smallest absolute Gasteiger partial charge is 0.253 e. The van der Waals surface area contributed by atoms with Crippen LogP contribution in [-0.2, 0) is 0 Å². The molecule has 3 nitrogen and oxygen atoms in total. The Bertz CT molecular complexity index is 765. The van der Waals surface area contributed by atoms with Gasteiger partial charge in [-0.2, -0.15) is 0 Å². The van der Waals surface area contributed by atoms with Gasteiger partial charge in [-0.3, -0.25) is 4.79 Å². The second-order valence-electron chi connectivity index (χ2n) is 4.71. The molecule has 0 aromatic heterocycles. The Kier molecular flexibility index (Phi) is 6.52. The summed E-state index contributed by atoms with van der Waals surface area (Å²) in [6.45, 7) is 2.49. The van der Waals surface area contributed by atoms with Gasteiger partial charge in [-0.05, 0) is 36.8 Å². The van der Waals surface area contributed by atoms with E-state index in [4.69, 9.17) is 16.3 Å². The lowest BCUT2D eigenvalue weighted by atomic mass is 10.2. The largest absolute Gasteiger partial charge is 0.481 e. The summed E-state index contributed by atoms with van der Waals surface area (Å²) in [7, 11) is 0. The zero-order valence-electron chi connectivity index (χ0n) is 12.5. The topological polar surface area (TPSA) is 38.3 Å². The van der Waals surface area contributed by atoms with Gasteiger partial charge in [-0.25, -0.2) is 0 Å². The Hall–Kier alpha value is -1.96. The fraction of sp³-hybridized carbons (Fsp3) is 0.167. The number of rotatable bonds is 4. The van der Waals surface area contributed by atoms with Crippen LogP contribution < -0.4 is 10.1 Å². The summed E-state index contributed by atoms with van der Waals surface area (Å²) in [5.41, 5.74) is 1.48. The number of amides is 1. The molecule has 0 fully saturated rings. The van der Waals surface area contributed by atoms with Crippen molar-refractivity contribution in [1.82, 2.24) is 5.32 Å². The van der Waals surface area contributed by atoms with Crippen molar-refractivity contribution in [3.8, 4) is 17.6 Å². The van der Waals surface area contributed by atoms with Gasteiger partial charge < -0.3 is 10.1 Å². The van der Waals surface area contributed by atoms with E-state index < -0.39 is 0 Å². The Balaban J connectivity index is 1.80. The maximum absolute atomic E-state index is 12.0. The Morgan fingerprint density at radius 2 is 2.04 bits per heavy atom. The van der Waals surface area contributed by atoms with Gasteiger partial charge in [0.05, 0.1) is 17.1 Å². The predicted molar refractivity (Wildman–Crippen MR) is 95.9 cm³/mol. The van der Waals surface area contributed by atoms with Crippen LogP contribution >= 0.6 is 27.5 Å². The van der Waals surface area contributed by atoms with E-state index in [1.165, 1.54) is 0 Å². The number of carbonyl (C=O) groups excluding carboxylic acids is 1. The number of halogens is 2. The van der Waals surface area contributed by atoms with Crippen LogP contribution in [0, 0.1) is 18.8 Å². The molecule has 2 aromatic rings. The van der Waals surface area contributed by atoms with Crippen molar-refractivity contribution >= 4 is 33.4 Å². The number of aryl methyl sites for hydroxylation is 1. The summed E-state index contributed by atoms with van der Waals surface area (Å²) in [6.07, 6.45) is 0. The van der Waals surface area contributed by atoms with Crippen molar-refractivity contribution < 1.29 is 9.53 Å². The van der Waals surface area contributed by atoms with Gasteiger partial charge in [0.25, 0.3) is 5.91 Å². The van der Waals surface area contributed by atoms with E-state index in [0.717, 1.165) is 15.8 Å². The molecule has 0 heterocycles. The van der Waals surface area contributed by atoms with Crippen molar-refractivity contribution in [3.05, 3.63) is 63.1 Å². The number of benzene rings is 2. The van der Waals surface area contributed by atoms with Crippen LogP contribution in [-0.4, -0.2) is 19.1 Å². The summed E-state index contributed by atoms with van der Waals surface area (Å²) in [5, 5.41) is 3.11. The molecule has 0 aliphatic heterocycles. The molecule has 5 heteroatoms. The molecule has 2 aromatic carbocycles. The first kappa shape index (κ1) is 17.4. The molecule has 1 amide bonds. The van der Waals surface area contributed by atoms with Crippen molar-refractivity contribution in [2.45, 2.75) is 6.92 Å². The molecule has 0 bridgehead atoms. The van der Waals surface area contributed by atoms with Gasteiger partial charge in [-0.15, -0.1) is 0 Å². The summed E-state index contributed by atoms with van der Waals surface area (Å²) >= 11 is 9.31. The molecule has 23 heavy (non-hydrogen) atoms. The molecule has 1 N–H and O–H groups in total. The fourth-order valence-electron chi connectivity index (χ4n) is 1.84. The SMILES string of the molecule is Cc1ccccc1OCC#CCNC(=O)c1cc(Br)ccc1Cl. The van der Waals surface area contributed by atoms with E-state index in [-0.39, 0.29) is 19.1 Å². The van der Waals surface area contributed by atoms with Crippen molar-refractivity contribution in [1.29, 1.82) is 0 Å². The highest BCUT2D eigenvalue weighted by Crippen LogP contribution is 2.20. The molecule has 0 unspecified atom stereocenters. The minimum Gasteiger partial charge on any atom is -0.481 e. The van der Waals surface area contributed by atoms with Gasteiger partial charge in [0.15, 0.2) is 0 Å². The highest BCUT2D eigenvalue weighted by Gasteiger charge is 2.09. The van der Waals surface area contributed by atoms with Crippen LogP contribution in [0.2, 0.25) is 5.02 Å². The second-order valence-corrected chi connectivity index (χ2v) is 6.04. The summed E-state index contributed by atoms with van der Waals surface area (Å²) in [4.78, 5) is 12.0. The molecule has 0 aliphatic rings. The molecule has 0 aliphatic carbocycles. The highest BCUT2D eigenvalue weighted by atomic mass is 79.9. The summed E-state index contributed by atoms with van der Waals surface area (Å²) in [5.74, 6) is 6.27. The van der Waals surface area contributed by atoms with Crippen molar-refractivity contribution in [2.24, 2.45) is 0 Å². The van der Waals surface area contributed by atoms with Crippen LogP contribution in [0.1, 0.15) is 15.9 Å². The minimum atomic E-state index is -0.259. The Labute approximate surface area is 149 Å². The molecule has 0 saturated heterocycles. The average Bonchev–Trinajstić information content (AvgIpc) is 2.54. The molecule has 0 atom stereocenters. The lowest BCUT2D eigenvalue weighted by molar-refractivity contribution is 0.0959. The van der Waals surface area contributed by atoms with Gasteiger partial charge in [-0.1, -0.05) is 57.6 Å². The fourth-order valence-corrected chi connectivity index (χ4v) is 2.40. The third kappa shape index (κ3) is 5.31. The van der Waals surface area contributed by atoms with Crippen molar-refractivity contribution in [2.75, 3.05) is 13.2 Å². The van der Waals surface area contributed by atoms with Crippen LogP contribution in [0.15, 0.2) is 46.9 Å². The lowest BCUT2D eigenvalue weighted by Gasteiger charge is -2.05. The first-order chi connectivity index (χ1) is 11.1. The van der Waals surface area contributed by atoms with Gasteiger partial charge in [0.2, 0.25) is 0 Å². The first-order valence-corrected chi connectivity index (χ1v) is 8.12. The van der Waals surface area contributed by atoms with Crippen molar-refractivity contribution in [3.63, 3.8) is 0 Å². The normalized spacial score (nSPS) is 9.70. The highest BCUT2D eigenvalue weighted by molar-refractivity contribution is 9.10. The number of ether oxygens (including phenoxy) is 1. The van der Waals surface area contributed by atoms with Gasteiger partial charge in [0, 0.05) is 4.47 Å². The van der Waals surface area contributed by atoms with Crippen LogP contribution in [0.4, 0.5) is 0 Å². The third-order valence-electron chi connectivity index (χ3n) is 3.03. The standard InChI is InChI=1S/C18H15BrClNO2/c1-13-6-2-3-7-17(13)23-11-5-4-10-21-18(22)15-12-14(19)8-9-16(15)20/h2-3,6-9,12H,10-11H2,1H3,(H,21,22). The molecular weight excluding hydrogens is 378 g/mol. The molecule has 0 saturated carbocycles. The summed E-state index contributed by atoms with van der Waals surface area (Å²) in [6, 6.07) is 12.9. The van der Waals surface area contributed by atoms with E-state index in [9.17, 15) is 4.79 Å². The average molecular weight is 393 g/mol. The van der Waals surface area contributed by atoms with Crippen LogP contribution in [0.3, 0.4) is 0 Å². The Morgan fingerprint density at radius 1 is 1.26 bits per heavy atom. The zero-order chi connectivity index (χ0) is 16.7. The number of carbonyl (C=O) groups is 1. The molecule has 2 rings (SSSR count). The lowest BCUT2D eigenvalue weighted by Crippen LogP contribution is -2.24.